The molecule has 0 aliphatic heterocycles. The van der Waals surface area contributed by atoms with Gasteiger partial charge < -0.3 is 10.2 Å². The van der Waals surface area contributed by atoms with E-state index in [0.717, 1.165) is 11.4 Å². The molecule has 1 aromatic carbocycles. The number of nitrogens with one attached hydrogen (secondary N) is 1. The Kier molecular flexibility index (Phi) is 3.58. The van der Waals surface area contributed by atoms with Gasteiger partial charge in [0.25, 0.3) is 0 Å². The zero-order chi connectivity index (χ0) is 12.3. The maximum atomic E-state index is 11.0. The summed E-state index contributed by atoms with van der Waals surface area (Å²) in [6.45, 7) is 7.97. The second-order valence-corrected chi connectivity index (χ2v) is 4.96. The Morgan fingerprint density at radius 1 is 1.31 bits per heavy atom. The highest BCUT2D eigenvalue weighted by Gasteiger charge is 2.17. The number of hydrogen-bond acceptors (Lipinski definition) is 2. The molecule has 88 valence electrons. The van der Waals surface area contributed by atoms with E-state index in [1.165, 1.54) is 6.92 Å². The average molecular weight is 220 g/mol. The van der Waals surface area contributed by atoms with Gasteiger partial charge in [-0.25, -0.2) is 0 Å². The lowest BCUT2D eigenvalue weighted by molar-refractivity contribution is -0.114. The molecule has 0 heterocycles. The fraction of sp³-hybridized carbons (Fsp3) is 0.462. The Labute approximate surface area is 97.5 Å². The summed E-state index contributed by atoms with van der Waals surface area (Å²) in [5, 5.41) is 2.79. The van der Waals surface area contributed by atoms with Crippen molar-refractivity contribution in [3.63, 3.8) is 0 Å². The standard InChI is InChI=1S/C13H20N2O/c1-10(16)14-11-7-6-8-12(9-11)15(5)13(2,3)4/h6-9H,1-5H3,(H,14,16). The van der Waals surface area contributed by atoms with Crippen molar-refractivity contribution in [1.82, 2.24) is 0 Å². The molecule has 0 aromatic heterocycles. The lowest BCUT2D eigenvalue weighted by atomic mass is 10.1. The first-order chi connectivity index (χ1) is 7.30. The minimum Gasteiger partial charge on any atom is -0.370 e. The molecule has 0 bridgehead atoms. The van der Waals surface area contributed by atoms with Crippen LogP contribution in [0.1, 0.15) is 27.7 Å². The average Bonchev–Trinajstić information content (AvgIpc) is 2.14. The van der Waals surface area contributed by atoms with Crippen LogP contribution in [0.5, 0.6) is 0 Å². The number of rotatable bonds is 2. The summed E-state index contributed by atoms with van der Waals surface area (Å²) in [7, 11) is 2.05. The van der Waals surface area contributed by atoms with Crippen molar-refractivity contribution in [2.75, 3.05) is 17.3 Å². The lowest BCUT2D eigenvalue weighted by Gasteiger charge is -2.34. The van der Waals surface area contributed by atoms with Crippen molar-refractivity contribution < 1.29 is 4.79 Å². The van der Waals surface area contributed by atoms with E-state index in [0.29, 0.717) is 0 Å². The fourth-order valence-electron chi connectivity index (χ4n) is 1.38. The molecule has 1 amide bonds. The highest BCUT2D eigenvalue weighted by molar-refractivity contribution is 5.89. The van der Waals surface area contributed by atoms with Gasteiger partial charge in [0, 0.05) is 30.9 Å². The molecule has 0 fully saturated rings. The molecule has 0 aliphatic carbocycles. The van der Waals surface area contributed by atoms with Crippen molar-refractivity contribution in [3.8, 4) is 0 Å². The Hall–Kier alpha value is -1.51. The van der Waals surface area contributed by atoms with E-state index in [2.05, 4.69) is 31.0 Å². The zero-order valence-corrected chi connectivity index (χ0v) is 10.7. The molecule has 0 atom stereocenters. The van der Waals surface area contributed by atoms with Crippen molar-refractivity contribution in [2.45, 2.75) is 33.2 Å². The maximum Gasteiger partial charge on any atom is 0.221 e. The van der Waals surface area contributed by atoms with Crippen LogP contribution in [0.3, 0.4) is 0 Å². The second-order valence-electron chi connectivity index (χ2n) is 4.96. The molecule has 0 radical (unpaired) electrons. The number of nitrogens with zero attached hydrogens (tertiary/aromatic N) is 1. The van der Waals surface area contributed by atoms with Crippen LogP contribution in [0, 0.1) is 0 Å². The predicted molar refractivity (Wildman–Crippen MR) is 68.9 cm³/mol. The van der Waals surface area contributed by atoms with Crippen LogP contribution < -0.4 is 10.2 Å². The van der Waals surface area contributed by atoms with Gasteiger partial charge in [-0.05, 0) is 39.0 Å². The normalized spacial score (nSPS) is 11.1. The monoisotopic (exact) mass is 220 g/mol. The Bertz CT molecular complexity index is 380. The van der Waals surface area contributed by atoms with E-state index in [1.54, 1.807) is 0 Å². The first-order valence-corrected chi connectivity index (χ1v) is 5.42. The van der Waals surface area contributed by atoms with Crippen LogP contribution in [0.25, 0.3) is 0 Å². The van der Waals surface area contributed by atoms with E-state index in [4.69, 9.17) is 0 Å². The molecule has 1 rings (SSSR count). The number of carbonyl (C=O) groups is 1. The smallest absolute Gasteiger partial charge is 0.221 e. The third kappa shape index (κ3) is 3.26. The molecule has 1 aromatic rings. The molecule has 0 saturated heterocycles. The quantitative estimate of drug-likeness (QED) is 0.831. The molecule has 0 saturated carbocycles. The van der Waals surface area contributed by atoms with Gasteiger partial charge in [-0.15, -0.1) is 0 Å². The number of anilines is 2. The van der Waals surface area contributed by atoms with E-state index in [1.807, 2.05) is 31.3 Å². The van der Waals surface area contributed by atoms with Crippen molar-refractivity contribution in [3.05, 3.63) is 24.3 Å². The highest BCUT2D eigenvalue weighted by Crippen LogP contribution is 2.24. The molecule has 0 aliphatic rings. The lowest BCUT2D eigenvalue weighted by Crippen LogP contribution is -2.38. The van der Waals surface area contributed by atoms with Crippen molar-refractivity contribution in [1.29, 1.82) is 0 Å². The summed E-state index contributed by atoms with van der Waals surface area (Å²) in [6, 6.07) is 7.85. The van der Waals surface area contributed by atoms with Crippen LogP contribution in [0.2, 0.25) is 0 Å². The summed E-state index contributed by atoms with van der Waals surface area (Å²) in [5.74, 6) is -0.0458. The van der Waals surface area contributed by atoms with E-state index >= 15 is 0 Å². The van der Waals surface area contributed by atoms with Gasteiger partial charge in [0.1, 0.15) is 0 Å². The minimum absolute atomic E-state index is 0.0458. The summed E-state index contributed by atoms with van der Waals surface area (Å²) in [6.07, 6.45) is 0. The second kappa shape index (κ2) is 4.56. The molecule has 0 spiro atoms. The van der Waals surface area contributed by atoms with Gasteiger partial charge in [0.05, 0.1) is 0 Å². The van der Waals surface area contributed by atoms with Gasteiger partial charge >= 0.3 is 0 Å². The van der Waals surface area contributed by atoms with Gasteiger partial charge in [-0.3, -0.25) is 4.79 Å². The number of carbonyl (C=O) groups excluding carboxylic acids is 1. The maximum absolute atomic E-state index is 11.0. The van der Waals surface area contributed by atoms with E-state index in [-0.39, 0.29) is 11.4 Å². The van der Waals surface area contributed by atoms with E-state index < -0.39 is 0 Å². The number of amides is 1. The number of hydrogen-bond donors (Lipinski definition) is 1. The van der Waals surface area contributed by atoms with Gasteiger partial charge in [0.15, 0.2) is 0 Å². The summed E-state index contributed by atoms with van der Waals surface area (Å²) >= 11 is 0. The molecular formula is C13H20N2O. The topological polar surface area (TPSA) is 32.3 Å². The van der Waals surface area contributed by atoms with Gasteiger partial charge in [-0.2, -0.15) is 0 Å². The minimum atomic E-state index is -0.0458. The molecular weight excluding hydrogens is 200 g/mol. The van der Waals surface area contributed by atoms with Crippen LogP contribution >= 0.6 is 0 Å². The zero-order valence-electron chi connectivity index (χ0n) is 10.7. The Morgan fingerprint density at radius 2 is 1.94 bits per heavy atom. The molecule has 3 heteroatoms. The van der Waals surface area contributed by atoms with Crippen molar-refractivity contribution >= 4 is 17.3 Å². The Morgan fingerprint density at radius 3 is 2.44 bits per heavy atom. The van der Waals surface area contributed by atoms with Gasteiger partial charge in [-0.1, -0.05) is 6.07 Å². The van der Waals surface area contributed by atoms with Crippen molar-refractivity contribution in [2.24, 2.45) is 0 Å². The van der Waals surface area contributed by atoms with E-state index in [9.17, 15) is 4.79 Å². The van der Waals surface area contributed by atoms with Crippen LogP contribution in [0.4, 0.5) is 11.4 Å². The SMILES string of the molecule is CC(=O)Nc1cccc(N(C)C(C)(C)C)c1. The van der Waals surface area contributed by atoms with Crippen LogP contribution in [0.15, 0.2) is 24.3 Å². The predicted octanol–water partition coefficient (Wildman–Crippen LogP) is 2.88. The number of benzene rings is 1. The van der Waals surface area contributed by atoms with Crippen LogP contribution in [-0.2, 0) is 4.79 Å². The third-order valence-electron chi connectivity index (χ3n) is 2.56. The van der Waals surface area contributed by atoms with Crippen LogP contribution in [-0.4, -0.2) is 18.5 Å². The summed E-state index contributed by atoms with van der Waals surface area (Å²) < 4.78 is 0. The fourth-order valence-corrected chi connectivity index (χ4v) is 1.38. The van der Waals surface area contributed by atoms with Gasteiger partial charge in [0.2, 0.25) is 5.91 Å². The molecule has 3 nitrogen and oxygen atoms in total. The highest BCUT2D eigenvalue weighted by atomic mass is 16.1. The molecule has 0 unspecified atom stereocenters. The first-order valence-electron chi connectivity index (χ1n) is 5.42. The molecule has 16 heavy (non-hydrogen) atoms. The largest absolute Gasteiger partial charge is 0.370 e. The first kappa shape index (κ1) is 12.6. The Balaban J connectivity index is 2.94. The summed E-state index contributed by atoms with van der Waals surface area (Å²) in [5.41, 5.74) is 1.99. The third-order valence-corrected chi connectivity index (χ3v) is 2.56. The summed E-state index contributed by atoms with van der Waals surface area (Å²) in [4.78, 5) is 13.1. The molecule has 1 N–H and O–H groups in total.